The van der Waals surface area contributed by atoms with Crippen LogP contribution in [0.4, 0.5) is 8.78 Å². The number of ether oxygens (including phenoxy) is 1. The van der Waals surface area contributed by atoms with E-state index in [4.69, 9.17) is 4.74 Å². The Balaban J connectivity index is 1.60. The Labute approximate surface area is 168 Å². The minimum atomic E-state index is -0.854. The molecule has 0 N–H and O–H groups in total. The fraction of sp³-hybridized carbons (Fsp3) is 0.600. The molecule has 1 unspecified atom stereocenters. The smallest absolute Gasteiger partial charge is 0.201 e. The summed E-state index contributed by atoms with van der Waals surface area (Å²) in [6, 6.07) is 3.25. The van der Waals surface area contributed by atoms with E-state index in [0.29, 0.717) is 18.1 Å². The highest BCUT2D eigenvalue weighted by Gasteiger charge is 2.29. The van der Waals surface area contributed by atoms with Crippen molar-refractivity contribution in [2.45, 2.75) is 71.6 Å². The van der Waals surface area contributed by atoms with E-state index < -0.39 is 11.6 Å². The van der Waals surface area contributed by atoms with Gasteiger partial charge in [0, 0.05) is 5.56 Å². The van der Waals surface area contributed by atoms with Crippen LogP contribution in [-0.2, 0) is 0 Å². The van der Waals surface area contributed by atoms with Gasteiger partial charge in [0.1, 0.15) is 0 Å². The van der Waals surface area contributed by atoms with Crippen LogP contribution in [0, 0.1) is 29.4 Å². The summed E-state index contributed by atoms with van der Waals surface area (Å²) < 4.78 is 34.2. The second-order valence-electron chi connectivity index (χ2n) is 8.36. The number of hydrogen-bond acceptors (Lipinski definition) is 1. The van der Waals surface area contributed by atoms with E-state index in [-0.39, 0.29) is 5.75 Å². The minimum absolute atomic E-state index is 0.0197. The summed E-state index contributed by atoms with van der Waals surface area (Å²) in [5.74, 6) is 0.645. The molecule has 28 heavy (non-hydrogen) atoms. The van der Waals surface area contributed by atoms with E-state index in [0.717, 1.165) is 49.5 Å². The van der Waals surface area contributed by atoms with Gasteiger partial charge in [-0.05, 0) is 93.2 Å². The predicted octanol–water partition coefficient (Wildman–Crippen LogP) is 7.71. The van der Waals surface area contributed by atoms with Gasteiger partial charge in [-0.2, -0.15) is 4.39 Å². The van der Waals surface area contributed by atoms with E-state index in [1.165, 1.54) is 25.7 Å². The zero-order chi connectivity index (χ0) is 19.9. The van der Waals surface area contributed by atoms with Gasteiger partial charge in [-0.15, -0.1) is 0 Å². The van der Waals surface area contributed by atoms with E-state index >= 15 is 0 Å². The van der Waals surface area contributed by atoms with Crippen LogP contribution in [0.1, 0.15) is 77.2 Å². The van der Waals surface area contributed by atoms with Gasteiger partial charge < -0.3 is 4.74 Å². The number of allylic oxidation sites excluding steroid dienone is 4. The van der Waals surface area contributed by atoms with Crippen LogP contribution in [0.2, 0.25) is 0 Å². The minimum Gasteiger partial charge on any atom is -0.490 e. The molecular formula is C25H34F2O. The highest BCUT2D eigenvalue weighted by atomic mass is 19.2. The molecule has 0 spiro atoms. The molecule has 0 amide bonds. The lowest BCUT2D eigenvalue weighted by Crippen LogP contribution is -2.22. The average Bonchev–Trinajstić information content (AvgIpc) is 2.74. The second kappa shape index (κ2) is 10.2. The topological polar surface area (TPSA) is 9.23 Å². The SMILES string of the molecule is CC/C=C/C1CCC(C2CC=C(c3ccc(OCCC)c(F)c3F)CC2)CC1. The maximum Gasteiger partial charge on any atom is 0.201 e. The Hall–Kier alpha value is -1.64. The van der Waals surface area contributed by atoms with Crippen LogP contribution in [0.25, 0.3) is 5.57 Å². The largest absolute Gasteiger partial charge is 0.490 e. The first kappa shape index (κ1) is 21.1. The van der Waals surface area contributed by atoms with E-state index in [2.05, 4.69) is 25.2 Å². The molecule has 1 aromatic rings. The molecule has 1 fully saturated rings. The summed E-state index contributed by atoms with van der Waals surface area (Å²) in [6.07, 6.45) is 16.9. The molecule has 2 aliphatic carbocycles. The lowest BCUT2D eigenvalue weighted by Gasteiger charge is -2.35. The van der Waals surface area contributed by atoms with Crippen molar-refractivity contribution in [2.24, 2.45) is 17.8 Å². The maximum absolute atomic E-state index is 14.6. The van der Waals surface area contributed by atoms with Crippen molar-refractivity contribution in [1.82, 2.24) is 0 Å². The number of rotatable bonds is 7. The van der Waals surface area contributed by atoms with E-state index in [9.17, 15) is 8.78 Å². The first-order chi connectivity index (χ1) is 13.6. The standard InChI is InChI=1S/C25H34F2O/c1-3-5-6-18-7-9-19(10-8-18)20-11-13-21(14-12-20)22-15-16-23(28-17-4-2)25(27)24(22)26/h5-6,13,15-16,18-20H,3-4,7-12,14,17H2,1-2H3/b6-5+. The molecule has 0 aromatic heterocycles. The van der Waals surface area contributed by atoms with Crippen molar-refractivity contribution in [3.8, 4) is 5.75 Å². The van der Waals surface area contributed by atoms with Crippen molar-refractivity contribution in [3.05, 3.63) is 47.6 Å². The lowest BCUT2D eigenvalue weighted by atomic mass is 9.71. The third-order valence-electron chi connectivity index (χ3n) is 6.43. The fourth-order valence-electron chi connectivity index (χ4n) is 4.77. The maximum atomic E-state index is 14.6. The quantitative estimate of drug-likeness (QED) is 0.435. The molecular weight excluding hydrogens is 354 g/mol. The zero-order valence-electron chi connectivity index (χ0n) is 17.4. The van der Waals surface area contributed by atoms with Crippen LogP contribution < -0.4 is 4.74 Å². The summed E-state index contributed by atoms with van der Waals surface area (Å²) >= 11 is 0. The first-order valence-corrected chi connectivity index (χ1v) is 11.1. The highest BCUT2D eigenvalue weighted by Crippen LogP contribution is 2.42. The highest BCUT2D eigenvalue weighted by molar-refractivity contribution is 5.67. The molecule has 154 valence electrons. The molecule has 1 aromatic carbocycles. The Morgan fingerprint density at radius 3 is 2.43 bits per heavy atom. The molecule has 2 aliphatic rings. The molecule has 0 bridgehead atoms. The summed E-state index contributed by atoms with van der Waals surface area (Å²) in [5, 5.41) is 0. The van der Waals surface area contributed by atoms with Crippen LogP contribution >= 0.6 is 0 Å². The van der Waals surface area contributed by atoms with Crippen LogP contribution in [0.5, 0.6) is 5.75 Å². The lowest BCUT2D eigenvalue weighted by molar-refractivity contribution is 0.212. The van der Waals surface area contributed by atoms with Crippen molar-refractivity contribution in [1.29, 1.82) is 0 Å². The van der Waals surface area contributed by atoms with Gasteiger partial charge >= 0.3 is 0 Å². The average molecular weight is 389 g/mol. The first-order valence-electron chi connectivity index (χ1n) is 11.1. The molecule has 0 heterocycles. The monoisotopic (exact) mass is 388 g/mol. The summed E-state index contributed by atoms with van der Waals surface area (Å²) in [5.41, 5.74) is 1.36. The van der Waals surface area contributed by atoms with Crippen LogP contribution in [0.3, 0.4) is 0 Å². The Morgan fingerprint density at radius 1 is 1.00 bits per heavy atom. The van der Waals surface area contributed by atoms with Crippen molar-refractivity contribution in [2.75, 3.05) is 6.61 Å². The number of benzene rings is 1. The molecule has 1 nitrogen and oxygen atoms in total. The Kier molecular flexibility index (Phi) is 7.70. The Bertz CT molecular complexity index is 699. The molecule has 1 atom stereocenters. The van der Waals surface area contributed by atoms with Gasteiger partial charge in [-0.25, -0.2) is 4.39 Å². The van der Waals surface area contributed by atoms with Gasteiger partial charge in [-0.1, -0.05) is 32.1 Å². The van der Waals surface area contributed by atoms with Crippen molar-refractivity contribution >= 4 is 5.57 Å². The summed E-state index contributed by atoms with van der Waals surface area (Å²) in [6.45, 7) is 4.53. The molecule has 3 rings (SSSR count). The van der Waals surface area contributed by atoms with E-state index in [1.54, 1.807) is 12.1 Å². The third-order valence-corrected chi connectivity index (χ3v) is 6.43. The molecule has 3 heteroatoms. The third kappa shape index (κ3) is 5.04. The molecule has 0 saturated heterocycles. The molecule has 1 saturated carbocycles. The second-order valence-corrected chi connectivity index (χ2v) is 8.36. The van der Waals surface area contributed by atoms with Gasteiger partial charge in [0.2, 0.25) is 5.82 Å². The van der Waals surface area contributed by atoms with Crippen molar-refractivity contribution < 1.29 is 13.5 Å². The number of hydrogen-bond donors (Lipinski definition) is 0. The summed E-state index contributed by atoms with van der Waals surface area (Å²) in [4.78, 5) is 0. The van der Waals surface area contributed by atoms with Gasteiger partial charge in [0.15, 0.2) is 11.6 Å². The van der Waals surface area contributed by atoms with Gasteiger partial charge in [0.05, 0.1) is 6.61 Å². The molecule has 0 radical (unpaired) electrons. The normalized spacial score (nSPS) is 25.7. The van der Waals surface area contributed by atoms with Gasteiger partial charge in [-0.3, -0.25) is 0 Å². The Morgan fingerprint density at radius 2 is 1.79 bits per heavy atom. The van der Waals surface area contributed by atoms with Crippen LogP contribution in [0.15, 0.2) is 30.4 Å². The summed E-state index contributed by atoms with van der Waals surface area (Å²) in [7, 11) is 0. The molecule has 0 aliphatic heterocycles. The predicted molar refractivity (Wildman–Crippen MR) is 112 cm³/mol. The van der Waals surface area contributed by atoms with E-state index in [1.807, 2.05) is 6.92 Å². The fourth-order valence-corrected chi connectivity index (χ4v) is 4.77. The van der Waals surface area contributed by atoms with Crippen LogP contribution in [-0.4, -0.2) is 6.61 Å². The number of halogens is 2. The van der Waals surface area contributed by atoms with Crippen molar-refractivity contribution in [3.63, 3.8) is 0 Å². The zero-order valence-corrected chi connectivity index (χ0v) is 17.4. The van der Waals surface area contributed by atoms with Gasteiger partial charge in [0.25, 0.3) is 0 Å².